The van der Waals surface area contributed by atoms with Gasteiger partial charge >= 0.3 is 0 Å². The Hall–Kier alpha value is -1.51. The minimum absolute atomic E-state index is 0.146. The lowest BCUT2D eigenvalue weighted by molar-refractivity contribution is -0.131. The van der Waals surface area contributed by atoms with Crippen molar-refractivity contribution in [1.82, 2.24) is 4.90 Å². The zero-order valence-electron chi connectivity index (χ0n) is 9.90. The molecule has 0 saturated carbocycles. The van der Waals surface area contributed by atoms with Gasteiger partial charge in [0, 0.05) is 13.1 Å². The van der Waals surface area contributed by atoms with Gasteiger partial charge in [0.25, 0.3) is 0 Å². The maximum absolute atomic E-state index is 11.6. The second-order valence-electron chi connectivity index (χ2n) is 3.40. The molecular formula is C13H18NO2. The van der Waals surface area contributed by atoms with Gasteiger partial charge in [-0.2, -0.15) is 0 Å². The smallest absolute Gasteiger partial charge is 0.225 e. The van der Waals surface area contributed by atoms with E-state index in [1.54, 1.807) is 12.1 Å². The highest BCUT2D eigenvalue weighted by Crippen LogP contribution is 2.08. The molecule has 1 rings (SSSR count). The van der Waals surface area contributed by atoms with Gasteiger partial charge in [0.15, 0.2) is 0 Å². The van der Waals surface area contributed by atoms with Crippen molar-refractivity contribution in [1.29, 1.82) is 0 Å². The van der Waals surface area contributed by atoms with Gasteiger partial charge in [-0.1, -0.05) is 12.1 Å². The standard InChI is InChI=1S/C13H18NO2/c1-3-14(4-2)13(15)10-11-16-12-8-6-5-7-9-12/h6-9H,3-4,10-11H2,1-2H3. The van der Waals surface area contributed by atoms with Gasteiger partial charge in [-0.15, -0.1) is 0 Å². The summed E-state index contributed by atoms with van der Waals surface area (Å²) in [5.41, 5.74) is 0. The molecule has 0 fully saturated rings. The number of hydrogen-bond acceptors (Lipinski definition) is 2. The molecule has 0 saturated heterocycles. The summed E-state index contributed by atoms with van der Waals surface area (Å²) in [6.07, 6.45) is 0.431. The predicted molar refractivity (Wildman–Crippen MR) is 63.3 cm³/mol. The van der Waals surface area contributed by atoms with Crippen molar-refractivity contribution in [3.8, 4) is 5.75 Å². The zero-order valence-corrected chi connectivity index (χ0v) is 9.90. The van der Waals surface area contributed by atoms with Crippen LogP contribution < -0.4 is 4.74 Å². The molecule has 1 radical (unpaired) electrons. The summed E-state index contributed by atoms with van der Waals surface area (Å²) < 4.78 is 5.45. The van der Waals surface area contributed by atoms with Crippen LogP contribution in [0.2, 0.25) is 0 Å². The van der Waals surface area contributed by atoms with E-state index in [0.717, 1.165) is 18.8 Å². The third-order valence-corrected chi connectivity index (χ3v) is 2.39. The van der Waals surface area contributed by atoms with Crippen LogP contribution >= 0.6 is 0 Å². The van der Waals surface area contributed by atoms with Crippen LogP contribution in [0.3, 0.4) is 0 Å². The molecule has 0 atom stereocenters. The lowest BCUT2D eigenvalue weighted by Crippen LogP contribution is -2.31. The highest BCUT2D eigenvalue weighted by Gasteiger charge is 2.08. The quantitative estimate of drug-likeness (QED) is 0.735. The monoisotopic (exact) mass is 220 g/mol. The SMILES string of the molecule is CCN(CC)C(=O)CCOc1cc[c]cc1. The number of hydrogen-bond donors (Lipinski definition) is 0. The average Bonchev–Trinajstić information content (AvgIpc) is 2.32. The van der Waals surface area contributed by atoms with Crippen LogP contribution in [0.4, 0.5) is 0 Å². The molecular weight excluding hydrogens is 202 g/mol. The molecule has 1 aromatic rings. The van der Waals surface area contributed by atoms with E-state index >= 15 is 0 Å². The van der Waals surface area contributed by atoms with Crippen LogP contribution in [-0.4, -0.2) is 30.5 Å². The van der Waals surface area contributed by atoms with Gasteiger partial charge in [0.1, 0.15) is 5.75 Å². The van der Waals surface area contributed by atoms with Crippen LogP contribution in [0.5, 0.6) is 5.75 Å². The Bertz CT molecular complexity index is 307. The van der Waals surface area contributed by atoms with Crippen LogP contribution in [0.1, 0.15) is 20.3 Å². The Morgan fingerprint density at radius 2 is 1.94 bits per heavy atom. The molecule has 0 aliphatic rings. The summed E-state index contributed by atoms with van der Waals surface area (Å²) in [5.74, 6) is 0.929. The Kier molecular flexibility index (Phi) is 5.40. The number of amides is 1. The maximum atomic E-state index is 11.6. The lowest BCUT2D eigenvalue weighted by Gasteiger charge is -2.18. The third kappa shape index (κ3) is 3.93. The second kappa shape index (κ2) is 6.88. The van der Waals surface area contributed by atoms with Gasteiger partial charge in [-0.05, 0) is 32.0 Å². The molecule has 87 valence electrons. The van der Waals surface area contributed by atoms with Gasteiger partial charge < -0.3 is 9.64 Å². The minimum atomic E-state index is 0.146. The number of nitrogens with zero attached hydrogens (tertiary/aromatic N) is 1. The summed E-state index contributed by atoms with van der Waals surface area (Å²) in [5, 5.41) is 0. The molecule has 3 heteroatoms. The number of benzene rings is 1. The number of carbonyl (C=O) groups excluding carboxylic acids is 1. The van der Waals surface area contributed by atoms with E-state index in [0.29, 0.717) is 13.0 Å². The topological polar surface area (TPSA) is 29.5 Å². The normalized spacial score (nSPS) is 9.88. The van der Waals surface area contributed by atoms with Gasteiger partial charge in [0.05, 0.1) is 13.0 Å². The predicted octanol–water partition coefficient (Wildman–Crippen LogP) is 2.12. The molecule has 0 unspecified atom stereocenters. The zero-order chi connectivity index (χ0) is 11.8. The van der Waals surface area contributed by atoms with Crippen LogP contribution in [0.15, 0.2) is 24.3 Å². The number of ether oxygens (including phenoxy) is 1. The number of rotatable bonds is 6. The fourth-order valence-corrected chi connectivity index (χ4v) is 1.46. The Balaban J connectivity index is 2.28. The summed E-state index contributed by atoms with van der Waals surface area (Å²) in [6.45, 7) is 5.91. The van der Waals surface area contributed by atoms with Crippen molar-refractivity contribution in [3.63, 3.8) is 0 Å². The number of carbonyl (C=O) groups is 1. The fourth-order valence-electron chi connectivity index (χ4n) is 1.46. The van der Waals surface area contributed by atoms with E-state index in [9.17, 15) is 4.79 Å². The molecule has 3 nitrogen and oxygen atoms in total. The van der Waals surface area contributed by atoms with E-state index in [1.807, 2.05) is 30.9 Å². The van der Waals surface area contributed by atoms with Crippen molar-refractivity contribution in [3.05, 3.63) is 30.3 Å². The molecule has 0 aliphatic carbocycles. The highest BCUT2D eigenvalue weighted by molar-refractivity contribution is 5.76. The van der Waals surface area contributed by atoms with Gasteiger partial charge in [0.2, 0.25) is 5.91 Å². The third-order valence-electron chi connectivity index (χ3n) is 2.39. The van der Waals surface area contributed by atoms with Gasteiger partial charge in [-0.3, -0.25) is 4.79 Å². The van der Waals surface area contributed by atoms with Crippen LogP contribution in [0.25, 0.3) is 0 Å². The maximum Gasteiger partial charge on any atom is 0.225 e. The molecule has 0 aliphatic heterocycles. The Morgan fingerprint density at radius 1 is 1.31 bits per heavy atom. The molecule has 0 heterocycles. The molecule has 16 heavy (non-hydrogen) atoms. The summed E-state index contributed by atoms with van der Waals surface area (Å²) >= 11 is 0. The van der Waals surface area contributed by atoms with Crippen LogP contribution in [-0.2, 0) is 4.79 Å². The average molecular weight is 220 g/mol. The summed E-state index contributed by atoms with van der Waals surface area (Å²) in [4.78, 5) is 13.4. The van der Waals surface area contributed by atoms with Crippen molar-refractivity contribution in [2.24, 2.45) is 0 Å². The second-order valence-corrected chi connectivity index (χ2v) is 3.40. The first-order valence-electron chi connectivity index (χ1n) is 5.64. The van der Waals surface area contributed by atoms with Crippen molar-refractivity contribution < 1.29 is 9.53 Å². The first-order valence-corrected chi connectivity index (χ1v) is 5.64. The molecule has 0 bridgehead atoms. The Morgan fingerprint density at radius 3 is 2.50 bits per heavy atom. The lowest BCUT2D eigenvalue weighted by atomic mass is 10.3. The van der Waals surface area contributed by atoms with E-state index in [2.05, 4.69) is 6.07 Å². The van der Waals surface area contributed by atoms with Gasteiger partial charge in [-0.25, -0.2) is 0 Å². The first-order chi connectivity index (χ1) is 7.77. The molecule has 1 amide bonds. The van der Waals surface area contributed by atoms with Crippen LogP contribution in [0, 0.1) is 6.07 Å². The summed E-state index contributed by atoms with van der Waals surface area (Å²) in [7, 11) is 0. The minimum Gasteiger partial charge on any atom is -0.493 e. The van der Waals surface area contributed by atoms with E-state index < -0.39 is 0 Å². The van der Waals surface area contributed by atoms with Crippen molar-refractivity contribution >= 4 is 5.91 Å². The Labute approximate surface area is 97.0 Å². The molecule has 0 aromatic heterocycles. The van der Waals surface area contributed by atoms with E-state index in [-0.39, 0.29) is 5.91 Å². The summed E-state index contributed by atoms with van der Waals surface area (Å²) in [6, 6.07) is 10.2. The largest absolute Gasteiger partial charge is 0.493 e. The van der Waals surface area contributed by atoms with Crippen molar-refractivity contribution in [2.45, 2.75) is 20.3 Å². The first kappa shape index (κ1) is 12.6. The van der Waals surface area contributed by atoms with E-state index in [4.69, 9.17) is 4.74 Å². The molecule has 0 spiro atoms. The molecule has 1 aromatic carbocycles. The molecule has 0 N–H and O–H groups in total. The highest BCUT2D eigenvalue weighted by atomic mass is 16.5. The fraction of sp³-hybridized carbons (Fsp3) is 0.462. The van der Waals surface area contributed by atoms with Crippen molar-refractivity contribution in [2.75, 3.05) is 19.7 Å². The van der Waals surface area contributed by atoms with E-state index in [1.165, 1.54) is 0 Å².